The largest absolute Gasteiger partial charge is 0.0917 e. The number of allylic oxidation sites excluding steroid dienone is 2. The van der Waals surface area contributed by atoms with E-state index in [9.17, 15) is 0 Å². The topological polar surface area (TPSA) is 0 Å². The zero-order valence-electron chi connectivity index (χ0n) is 5.69. The molecule has 0 saturated heterocycles. The first-order chi connectivity index (χ1) is 3.91. The van der Waals surface area contributed by atoms with Crippen molar-refractivity contribution in [3.05, 3.63) is 19.1 Å². The summed E-state index contributed by atoms with van der Waals surface area (Å²) in [6.07, 6.45) is 9.18. The molecule has 0 fully saturated rings. The van der Waals surface area contributed by atoms with Crippen molar-refractivity contribution in [2.24, 2.45) is 0 Å². The average Bonchev–Trinajstić information content (AvgIpc) is 1.81. The van der Waals surface area contributed by atoms with Gasteiger partial charge in [-0.25, -0.2) is 0 Å². The van der Waals surface area contributed by atoms with Crippen LogP contribution in [-0.2, 0) is 0 Å². The van der Waals surface area contributed by atoms with Crippen LogP contribution in [0.5, 0.6) is 0 Å². The van der Waals surface area contributed by atoms with Crippen molar-refractivity contribution in [2.45, 2.75) is 32.6 Å². The molecule has 0 bridgehead atoms. The van der Waals surface area contributed by atoms with Gasteiger partial charge < -0.3 is 0 Å². The molecular weight excluding hydrogens is 96.1 g/mol. The molecule has 0 aromatic carbocycles. The van der Waals surface area contributed by atoms with Gasteiger partial charge in [0.05, 0.1) is 0 Å². The zero-order valence-corrected chi connectivity index (χ0v) is 5.69. The molecule has 0 N–H and O–H groups in total. The summed E-state index contributed by atoms with van der Waals surface area (Å²) < 4.78 is 0. The lowest BCUT2D eigenvalue weighted by Crippen LogP contribution is -1.69. The van der Waals surface area contributed by atoms with E-state index < -0.39 is 0 Å². The van der Waals surface area contributed by atoms with Gasteiger partial charge in [0.1, 0.15) is 0 Å². The van der Waals surface area contributed by atoms with Gasteiger partial charge in [-0.3, -0.25) is 0 Å². The minimum atomic E-state index is 1.08. The lowest BCUT2D eigenvalue weighted by molar-refractivity contribution is 0.760. The third-order valence-corrected chi connectivity index (χ3v) is 1.11. The van der Waals surface area contributed by atoms with Crippen molar-refractivity contribution in [1.82, 2.24) is 0 Å². The fourth-order valence-corrected chi connectivity index (χ4v) is 0.606. The number of rotatable bonds is 4. The minimum absolute atomic E-state index is 1.08. The van der Waals surface area contributed by atoms with Crippen LogP contribution >= 0.6 is 0 Å². The average molecular weight is 111 g/mol. The molecule has 0 heteroatoms. The monoisotopic (exact) mass is 111 g/mol. The maximum atomic E-state index is 3.76. The van der Waals surface area contributed by atoms with Crippen LogP contribution in [-0.4, -0.2) is 0 Å². The normalized spacial score (nSPS) is 10.8. The van der Waals surface area contributed by atoms with Crippen LogP contribution in [0.1, 0.15) is 32.6 Å². The van der Waals surface area contributed by atoms with Crippen LogP contribution in [0, 0.1) is 6.92 Å². The molecule has 0 spiro atoms. The van der Waals surface area contributed by atoms with Crippen molar-refractivity contribution < 1.29 is 0 Å². The molecule has 0 amide bonds. The summed E-state index contributed by atoms with van der Waals surface area (Å²) >= 11 is 0. The molecule has 0 aliphatic heterocycles. The van der Waals surface area contributed by atoms with E-state index in [0.29, 0.717) is 0 Å². The summed E-state index contributed by atoms with van der Waals surface area (Å²) in [6, 6.07) is 0. The summed E-state index contributed by atoms with van der Waals surface area (Å²) in [5, 5.41) is 0. The highest BCUT2D eigenvalue weighted by atomic mass is 13.8. The van der Waals surface area contributed by atoms with Gasteiger partial charge in [0, 0.05) is 0 Å². The molecule has 0 atom stereocenters. The lowest BCUT2D eigenvalue weighted by Gasteiger charge is -1.88. The Hall–Kier alpha value is -0.260. The van der Waals surface area contributed by atoms with Crippen LogP contribution in [0.15, 0.2) is 12.2 Å². The number of unbranched alkanes of at least 4 members (excludes halogenated alkanes) is 3. The molecular formula is C8H15. The Bertz CT molecular complexity index is 53.1. The van der Waals surface area contributed by atoms with Crippen molar-refractivity contribution in [2.75, 3.05) is 0 Å². The highest BCUT2D eigenvalue weighted by molar-refractivity contribution is 4.76. The highest BCUT2D eigenvalue weighted by Crippen LogP contribution is 1.98. The van der Waals surface area contributed by atoms with Gasteiger partial charge in [-0.05, 0) is 19.8 Å². The van der Waals surface area contributed by atoms with Crippen LogP contribution in [0.2, 0.25) is 0 Å². The minimum Gasteiger partial charge on any atom is -0.0917 e. The Labute approximate surface area is 52.6 Å². The quantitative estimate of drug-likeness (QED) is 0.386. The molecule has 0 aromatic rings. The Kier molecular flexibility index (Phi) is 6.52. The third kappa shape index (κ3) is 5.74. The van der Waals surface area contributed by atoms with E-state index in [2.05, 4.69) is 26.0 Å². The maximum Gasteiger partial charge on any atom is -0.0351 e. The standard InChI is InChI=1S/C8H15/c1-3-5-7-8-6-4-2/h4,6H,1,3,5,7-8H2,2H3. The van der Waals surface area contributed by atoms with Crippen molar-refractivity contribution in [1.29, 1.82) is 0 Å². The van der Waals surface area contributed by atoms with E-state index in [4.69, 9.17) is 0 Å². The van der Waals surface area contributed by atoms with Gasteiger partial charge in [-0.15, -0.1) is 0 Å². The van der Waals surface area contributed by atoms with E-state index in [1.54, 1.807) is 0 Å². The molecule has 0 heterocycles. The molecule has 0 rings (SSSR count). The van der Waals surface area contributed by atoms with E-state index in [-0.39, 0.29) is 0 Å². The first-order valence-electron chi connectivity index (χ1n) is 3.32. The molecule has 47 valence electrons. The Morgan fingerprint density at radius 3 is 2.62 bits per heavy atom. The number of hydrogen-bond donors (Lipinski definition) is 0. The van der Waals surface area contributed by atoms with Gasteiger partial charge >= 0.3 is 0 Å². The van der Waals surface area contributed by atoms with E-state index >= 15 is 0 Å². The Morgan fingerprint density at radius 1 is 1.38 bits per heavy atom. The van der Waals surface area contributed by atoms with Crippen LogP contribution < -0.4 is 0 Å². The zero-order chi connectivity index (χ0) is 6.24. The maximum absolute atomic E-state index is 3.76. The summed E-state index contributed by atoms with van der Waals surface area (Å²) in [4.78, 5) is 0. The molecule has 0 aliphatic carbocycles. The third-order valence-electron chi connectivity index (χ3n) is 1.11. The lowest BCUT2D eigenvalue weighted by atomic mass is 10.2. The first-order valence-corrected chi connectivity index (χ1v) is 3.32. The predicted molar refractivity (Wildman–Crippen MR) is 38.6 cm³/mol. The smallest absolute Gasteiger partial charge is 0.0351 e. The molecule has 1 radical (unpaired) electrons. The van der Waals surface area contributed by atoms with Gasteiger partial charge in [-0.2, -0.15) is 0 Å². The fraction of sp³-hybridized carbons (Fsp3) is 0.625. The van der Waals surface area contributed by atoms with E-state index in [0.717, 1.165) is 6.42 Å². The van der Waals surface area contributed by atoms with Gasteiger partial charge in [0.2, 0.25) is 0 Å². The molecule has 0 nitrogen and oxygen atoms in total. The SMILES string of the molecule is [CH2]CCCCC=CC. The Morgan fingerprint density at radius 2 is 2.12 bits per heavy atom. The van der Waals surface area contributed by atoms with Crippen LogP contribution in [0.25, 0.3) is 0 Å². The second kappa shape index (κ2) is 6.74. The molecule has 0 unspecified atom stereocenters. The first kappa shape index (κ1) is 7.74. The number of hydrogen-bond acceptors (Lipinski definition) is 0. The fourth-order valence-electron chi connectivity index (χ4n) is 0.606. The highest BCUT2D eigenvalue weighted by Gasteiger charge is 1.78. The molecule has 8 heavy (non-hydrogen) atoms. The Balaban J connectivity index is 2.72. The van der Waals surface area contributed by atoms with Gasteiger partial charge in [0.25, 0.3) is 0 Å². The molecule has 0 aliphatic rings. The summed E-state index contributed by atoms with van der Waals surface area (Å²) in [5.74, 6) is 0. The van der Waals surface area contributed by atoms with Crippen LogP contribution in [0.4, 0.5) is 0 Å². The van der Waals surface area contributed by atoms with Crippen molar-refractivity contribution in [3.63, 3.8) is 0 Å². The second-order valence-electron chi connectivity index (χ2n) is 1.92. The summed E-state index contributed by atoms with van der Waals surface area (Å²) in [7, 11) is 0. The van der Waals surface area contributed by atoms with Crippen molar-refractivity contribution >= 4 is 0 Å². The predicted octanol–water partition coefficient (Wildman–Crippen LogP) is 2.96. The summed E-state index contributed by atoms with van der Waals surface area (Å²) in [5.41, 5.74) is 0. The molecule has 0 saturated carbocycles. The molecule has 0 aromatic heterocycles. The summed E-state index contributed by atoms with van der Waals surface area (Å²) in [6.45, 7) is 5.82. The van der Waals surface area contributed by atoms with Crippen LogP contribution in [0.3, 0.4) is 0 Å². The van der Waals surface area contributed by atoms with E-state index in [1.807, 2.05) is 0 Å². The second-order valence-corrected chi connectivity index (χ2v) is 1.92. The van der Waals surface area contributed by atoms with Gasteiger partial charge in [0.15, 0.2) is 0 Å². The van der Waals surface area contributed by atoms with Crippen molar-refractivity contribution in [3.8, 4) is 0 Å². The van der Waals surface area contributed by atoms with E-state index in [1.165, 1.54) is 19.3 Å². The van der Waals surface area contributed by atoms with Gasteiger partial charge in [-0.1, -0.05) is 31.9 Å².